The molecule has 4 atom stereocenters. The lowest BCUT2D eigenvalue weighted by molar-refractivity contribution is -0.118. The standard InChI is InChI=1S/C13H16O2/c1-7-5-9(7)12-3-4-13(15-12)11-6-10(11)8(2)14/h3-4,7,9-11H,5-6H2,1-2H3. The van der Waals surface area contributed by atoms with Crippen molar-refractivity contribution in [2.24, 2.45) is 11.8 Å². The summed E-state index contributed by atoms with van der Waals surface area (Å²) in [6.45, 7) is 3.93. The highest BCUT2D eigenvalue weighted by atomic mass is 16.3. The molecule has 80 valence electrons. The summed E-state index contributed by atoms with van der Waals surface area (Å²) >= 11 is 0. The van der Waals surface area contributed by atoms with Gasteiger partial charge in [-0.15, -0.1) is 0 Å². The van der Waals surface area contributed by atoms with Gasteiger partial charge >= 0.3 is 0 Å². The fraction of sp³-hybridized carbons (Fsp3) is 0.615. The van der Waals surface area contributed by atoms with E-state index in [0.717, 1.165) is 23.9 Å². The van der Waals surface area contributed by atoms with Crippen LogP contribution in [0.1, 0.15) is 50.0 Å². The first-order valence-electron chi connectivity index (χ1n) is 5.77. The molecule has 2 heteroatoms. The highest BCUT2D eigenvalue weighted by molar-refractivity contribution is 5.82. The maximum Gasteiger partial charge on any atom is 0.133 e. The number of hydrogen-bond donors (Lipinski definition) is 0. The van der Waals surface area contributed by atoms with E-state index in [4.69, 9.17) is 4.42 Å². The van der Waals surface area contributed by atoms with E-state index < -0.39 is 0 Å². The largest absolute Gasteiger partial charge is 0.465 e. The first kappa shape index (κ1) is 9.20. The van der Waals surface area contributed by atoms with E-state index >= 15 is 0 Å². The predicted molar refractivity (Wildman–Crippen MR) is 56.8 cm³/mol. The van der Waals surface area contributed by atoms with Gasteiger partial charge in [-0.2, -0.15) is 0 Å². The van der Waals surface area contributed by atoms with Crippen molar-refractivity contribution >= 4 is 5.78 Å². The van der Waals surface area contributed by atoms with Gasteiger partial charge in [-0.3, -0.25) is 4.79 Å². The lowest BCUT2D eigenvalue weighted by Gasteiger charge is -1.94. The van der Waals surface area contributed by atoms with Crippen molar-refractivity contribution < 1.29 is 9.21 Å². The molecule has 0 saturated heterocycles. The Labute approximate surface area is 89.7 Å². The molecule has 2 saturated carbocycles. The summed E-state index contributed by atoms with van der Waals surface area (Å²) in [5, 5.41) is 0. The molecule has 1 heterocycles. The minimum atomic E-state index is 0.237. The third kappa shape index (κ3) is 1.52. The summed E-state index contributed by atoms with van der Waals surface area (Å²) in [5.74, 6) is 4.51. The summed E-state index contributed by atoms with van der Waals surface area (Å²) in [4.78, 5) is 11.2. The molecule has 2 nitrogen and oxygen atoms in total. The van der Waals surface area contributed by atoms with Crippen molar-refractivity contribution in [1.29, 1.82) is 0 Å². The van der Waals surface area contributed by atoms with Gasteiger partial charge in [0.15, 0.2) is 0 Å². The van der Waals surface area contributed by atoms with Gasteiger partial charge in [0.05, 0.1) is 0 Å². The van der Waals surface area contributed by atoms with Crippen LogP contribution in [0.15, 0.2) is 16.5 Å². The molecule has 0 aliphatic heterocycles. The molecule has 15 heavy (non-hydrogen) atoms. The van der Waals surface area contributed by atoms with Crippen molar-refractivity contribution in [3.63, 3.8) is 0 Å². The van der Waals surface area contributed by atoms with Crippen LogP contribution in [-0.4, -0.2) is 5.78 Å². The third-order valence-electron chi connectivity index (χ3n) is 3.80. The molecular weight excluding hydrogens is 188 g/mol. The number of carbonyl (C=O) groups is 1. The first-order chi connectivity index (χ1) is 7.16. The molecule has 0 amide bonds. The van der Waals surface area contributed by atoms with E-state index in [-0.39, 0.29) is 5.92 Å². The van der Waals surface area contributed by atoms with Crippen molar-refractivity contribution in [1.82, 2.24) is 0 Å². The van der Waals surface area contributed by atoms with E-state index in [1.54, 1.807) is 6.92 Å². The fourth-order valence-corrected chi connectivity index (χ4v) is 2.44. The van der Waals surface area contributed by atoms with Gasteiger partial charge < -0.3 is 4.42 Å². The molecule has 0 spiro atoms. The number of ketones is 1. The number of Topliss-reactive ketones (excluding diaryl/α,β-unsaturated/α-hetero) is 1. The second-order valence-electron chi connectivity index (χ2n) is 5.12. The van der Waals surface area contributed by atoms with Crippen molar-refractivity contribution in [2.75, 3.05) is 0 Å². The number of furan rings is 1. The average molecular weight is 204 g/mol. The first-order valence-corrected chi connectivity index (χ1v) is 5.77. The van der Waals surface area contributed by atoms with Gasteiger partial charge in [-0.25, -0.2) is 0 Å². The van der Waals surface area contributed by atoms with E-state index in [9.17, 15) is 4.79 Å². The number of carbonyl (C=O) groups excluding carboxylic acids is 1. The Morgan fingerprint density at radius 3 is 2.33 bits per heavy atom. The van der Waals surface area contributed by atoms with E-state index in [1.807, 2.05) is 0 Å². The molecule has 0 bridgehead atoms. The molecule has 2 aliphatic rings. The van der Waals surface area contributed by atoms with Gasteiger partial charge in [-0.05, 0) is 37.8 Å². The van der Waals surface area contributed by atoms with Crippen LogP contribution in [0, 0.1) is 11.8 Å². The molecule has 4 unspecified atom stereocenters. The topological polar surface area (TPSA) is 30.2 Å². The zero-order valence-electron chi connectivity index (χ0n) is 9.19. The molecule has 0 radical (unpaired) electrons. The number of rotatable bonds is 3. The van der Waals surface area contributed by atoms with Crippen LogP contribution in [0.4, 0.5) is 0 Å². The molecule has 0 N–H and O–H groups in total. The Balaban J connectivity index is 1.72. The smallest absolute Gasteiger partial charge is 0.133 e. The zero-order valence-corrected chi connectivity index (χ0v) is 9.19. The molecule has 3 rings (SSSR count). The van der Waals surface area contributed by atoms with Gasteiger partial charge in [0.1, 0.15) is 17.3 Å². The molecule has 1 aromatic heterocycles. The quantitative estimate of drug-likeness (QED) is 0.757. The third-order valence-corrected chi connectivity index (χ3v) is 3.80. The molecule has 0 aromatic carbocycles. The van der Waals surface area contributed by atoms with E-state index in [1.165, 1.54) is 6.42 Å². The molecular formula is C13H16O2. The summed E-state index contributed by atoms with van der Waals surface area (Å²) in [6, 6.07) is 4.16. The SMILES string of the molecule is CC(=O)C1CC1c1ccc(C2CC2C)o1. The summed E-state index contributed by atoms with van der Waals surface area (Å²) in [5.41, 5.74) is 0. The number of hydrogen-bond acceptors (Lipinski definition) is 2. The Bertz CT molecular complexity index is 404. The second kappa shape index (κ2) is 2.97. The fourth-order valence-electron chi connectivity index (χ4n) is 2.44. The van der Waals surface area contributed by atoms with Crippen LogP contribution in [0.25, 0.3) is 0 Å². The Morgan fingerprint density at radius 1 is 1.27 bits per heavy atom. The molecule has 1 aromatic rings. The van der Waals surface area contributed by atoms with Crippen LogP contribution in [0.3, 0.4) is 0 Å². The lowest BCUT2D eigenvalue weighted by Crippen LogP contribution is -1.93. The van der Waals surface area contributed by atoms with Gasteiger partial charge in [0.2, 0.25) is 0 Å². The van der Waals surface area contributed by atoms with Crippen molar-refractivity contribution in [3.8, 4) is 0 Å². The Morgan fingerprint density at radius 2 is 1.87 bits per heavy atom. The van der Waals surface area contributed by atoms with Crippen LogP contribution in [0.5, 0.6) is 0 Å². The van der Waals surface area contributed by atoms with Gasteiger partial charge in [0.25, 0.3) is 0 Å². The molecule has 2 fully saturated rings. The minimum Gasteiger partial charge on any atom is -0.465 e. The van der Waals surface area contributed by atoms with Crippen LogP contribution >= 0.6 is 0 Å². The highest BCUT2D eigenvalue weighted by Crippen LogP contribution is 2.52. The Kier molecular flexibility index (Phi) is 1.82. The second-order valence-corrected chi connectivity index (χ2v) is 5.12. The lowest BCUT2D eigenvalue weighted by atomic mass is 10.2. The van der Waals surface area contributed by atoms with Crippen LogP contribution in [0.2, 0.25) is 0 Å². The van der Waals surface area contributed by atoms with E-state index in [0.29, 0.717) is 17.6 Å². The predicted octanol–water partition coefficient (Wildman–Crippen LogP) is 3.10. The van der Waals surface area contributed by atoms with E-state index in [2.05, 4.69) is 19.1 Å². The van der Waals surface area contributed by atoms with Gasteiger partial charge in [0, 0.05) is 17.8 Å². The van der Waals surface area contributed by atoms with Crippen molar-refractivity contribution in [3.05, 3.63) is 23.7 Å². The summed E-state index contributed by atoms with van der Waals surface area (Å²) in [7, 11) is 0. The maximum atomic E-state index is 11.2. The maximum absolute atomic E-state index is 11.2. The minimum absolute atomic E-state index is 0.237. The Hall–Kier alpha value is -1.05. The monoisotopic (exact) mass is 204 g/mol. The average Bonchev–Trinajstić information content (AvgIpc) is 3.07. The van der Waals surface area contributed by atoms with Crippen LogP contribution in [-0.2, 0) is 4.79 Å². The summed E-state index contributed by atoms with van der Waals surface area (Å²) in [6.07, 6.45) is 2.25. The van der Waals surface area contributed by atoms with Crippen molar-refractivity contribution in [2.45, 2.75) is 38.5 Å². The normalized spacial score (nSPS) is 37.7. The van der Waals surface area contributed by atoms with Gasteiger partial charge in [-0.1, -0.05) is 6.92 Å². The zero-order chi connectivity index (χ0) is 10.6. The van der Waals surface area contributed by atoms with Crippen LogP contribution < -0.4 is 0 Å². The summed E-state index contributed by atoms with van der Waals surface area (Å²) < 4.78 is 5.83. The molecule has 2 aliphatic carbocycles. The highest BCUT2D eigenvalue weighted by Gasteiger charge is 2.45.